The van der Waals surface area contributed by atoms with E-state index in [-0.39, 0.29) is 5.75 Å². The number of aromatic nitrogens is 2. The molecule has 4 nitrogen and oxygen atoms in total. The van der Waals surface area contributed by atoms with Crippen LogP contribution in [0.1, 0.15) is 30.1 Å². The predicted octanol–water partition coefficient (Wildman–Crippen LogP) is 2.63. The monoisotopic (exact) mass is 216 g/mol. The molecule has 1 aliphatic carbocycles. The lowest BCUT2D eigenvalue weighted by Gasteiger charge is -2.00. The van der Waals surface area contributed by atoms with Crippen molar-refractivity contribution >= 4 is 0 Å². The van der Waals surface area contributed by atoms with Crippen molar-refractivity contribution < 1.29 is 9.63 Å². The Kier molecular flexibility index (Phi) is 1.96. The fraction of sp³-hybridized carbons (Fsp3) is 0.333. The van der Waals surface area contributed by atoms with Crippen molar-refractivity contribution in [2.24, 2.45) is 0 Å². The van der Waals surface area contributed by atoms with E-state index in [1.807, 2.05) is 6.92 Å². The number of aryl methyl sites for hydroxylation is 1. The number of nitrogens with zero attached hydrogens (tertiary/aromatic N) is 2. The Bertz CT molecular complexity index is 530. The topological polar surface area (TPSA) is 59.2 Å². The molecule has 16 heavy (non-hydrogen) atoms. The van der Waals surface area contributed by atoms with Crippen LogP contribution in [0, 0.1) is 6.92 Å². The third-order valence-corrected chi connectivity index (χ3v) is 2.82. The molecule has 1 N–H and O–H groups in total. The highest BCUT2D eigenvalue weighted by Gasteiger charge is 2.29. The molecule has 1 heterocycles. The summed E-state index contributed by atoms with van der Waals surface area (Å²) < 4.78 is 5.23. The van der Waals surface area contributed by atoms with Crippen molar-refractivity contribution in [1.82, 2.24) is 10.1 Å². The summed E-state index contributed by atoms with van der Waals surface area (Å²) in [6, 6.07) is 5.12. The second-order valence-corrected chi connectivity index (χ2v) is 4.23. The molecular weight excluding hydrogens is 204 g/mol. The number of phenols is 1. The van der Waals surface area contributed by atoms with Crippen LogP contribution in [0.15, 0.2) is 22.7 Å². The average molecular weight is 216 g/mol. The largest absolute Gasteiger partial charge is 0.508 e. The molecule has 0 spiro atoms. The van der Waals surface area contributed by atoms with Crippen LogP contribution < -0.4 is 0 Å². The van der Waals surface area contributed by atoms with Gasteiger partial charge in [-0.2, -0.15) is 4.98 Å². The van der Waals surface area contributed by atoms with E-state index in [0.29, 0.717) is 11.8 Å². The van der Waals surface area contributed by atoms with Crippen molar-refractivity contribution in [3.63, 3.8) is 0 Å². The quantitative estimate of drug-likeness (QED) is 0.838. The molecule has 4 heteroatoms. The summed E-state index contributed by atoms with van der Waals surface area (Å²) in [5.74, 6) is 2.10. The third kappa shape index (κ3) is 1.56. The molecular formula is C12H12N2O2. The Hall–Kier alpha value is -1.84. The molecule has 1 aliphatic rings. The molecule has 1 fully saturated rings. The SMILES string of the molecule is Cc1cc(O)ccc1-c1nc(C2CC2)no1. The van der Waals surface area contributed by atoms with Gasteiger partial charge in [-0.15, -0.1) is 0 Å². The molecule has 2 aromatic rings. The fourth-order valence-corrected chi connectivity index (χ4v) is 1.74. The van der Waals surface area contributed by atoms with Crippen molar-refractivity contribution in [3.05, 3.63) is 29.6 Å². The Morgan fingerprint density at radius 2 is 2.19 bits per heavy atom. The van der Waals surface area contributed by atoms with Gasteiger partial charge in [0.15, 0.2) is 5.82 Å². The molecule has 1 aromatic carbocycles. The van der Waals surface area contributed by atoms with Crippen molar-refractivity contribution in [1.29, 1.82) is 0 Å². The summed E-state index contributed by atoms with van der Waals surface area (Å²) >= 11 is 0. The zero-order valence-electron chi connectivity index (χ0n) is 8.97. The zero-order chi connectivity index (χ0) is 11.1. The smallest absolute Gasteiger partial charge is 0.258 e. The van der Waals surface area contributed by atoms with Crippen LogP contribution in [-0.4, -0.2) is 15.2 Å². The standard InChI is InChI=1S/C12H12N2O2/c1-7-6-9(15)4-5-10(7)12-13-11(14-16-12)8-2-3-8/h4-6,8,15H,2-3H2,1H3. The van der Waals surface area contributed by atoms with E-state index in [1.54, 1.807) is 18.2 Å². The Labute approximate surface area is 92.9 Å². The van der Waals surface area contributed by atoms with E-state index >= 15 is 0 Å². The number of hydrogen-bond acceptors (Lipinski definition) is 4. The van der Waals surface area contributed by atoms with Gasteiger partial charge in [-0.05, 0) is 43.5 Å². The first-order valence-electron chi connectivity index (χ1n) is 5.37. The van der Waals surface area contributed by atoms with Crippen molar-refractivity contribution in [2.75, 3.05) is 0 Å². The van der Waals surface area contributed by atoms with Gasteiger partial charge in [-0.1, -0.05) is 5.16 Å². The average Bonchev–Trinajstić information content (AvgIpc) is 2.98. The summed E-state index contributed by atoms with van der Waals surface area (Å²) in [6.45, 7) is 1.91. The molecule has 0 unspecified atom stereocenters. The first kappa shape index (κ1) is 9.39. The van der Waals surface area contributed by atoms with Gasteiger partial charge >= 0.3 is 0 Å². The molecule has 0 saturated heterocycles. The van der Waals surface area contributed by atoms with Gasteiger partial charge in [0.1, 0.15) is 5.75 Å². The summed E-state index contributed by atoms with van der Waals surface area (Å²) in [4.78, 5) is 4.37. The third-order valence-electron chi connectivity index (χ3n) is 2.82. The lowest BCUT2D eigenvalue weighted by atomic mass is 10.1. The van der Waals surface area contributed by atoms with Gasteiger partial charge in [0.2, 0.25) is 0 Å². The molecule has 82 valence electrons. The summed E-state index contributed by atoms with van der Waals surface area (Å²) in [6.07, 6.45) is 2.32. The summed E-state index contributed by atoms with van der Waals surface area (Å²) in [5, 5.41) is 13.3. The number of hydrogen-bond donors (Lipinski definition) is 1. The molecule has 0 atom stereocenters. The molecule has 0 bridgehead atoms. The van der Waals surface area contributed by atoms with Gasteiger partial charge in [0.25, 0.3) is 5.89 Å². The fourth-order valence-electron chi connectivity index (χ4n) is 1.74. The number of phenolic OH excluding ortho intramolecular Hbond substituents is 1. The van der Waals surface area contributed by atoms with Crippen LogP contribution >= 0.6 is 0 Å². The number of benzene rings is 1. The van der Waals surface area contributed by atoms with Gasteiger partial charge in [-0.3, -0.25) is 0 Å². The zero-order valence-corrected chi connectivity index (χ0v) is 8.97. The maximum absolute atomic E-state index is 9.32. The van der Waals surface area contributed by atoms with Crippen molar-refractivity contribution in [3.8, 4) is 17.2 Å². The van der Waals surface area contributed by atoms with E-state index in [0.717, 1.165) is 29.8 Å². The van der Waals surface area contributed by atoms with Crippen LogP contribution in [0.2, 0.25) is 0 Å². The highest BCUT2D eigenvalue weighted by atomic mass is 16.5. The van der Waals surface area contributed by atoms with Crippen LogP contribution in [0.3, 0.4) is 0 Å². The minimum Gasteiger partial charge on any atom is -0.508 e. The molecule has 0 amide bonds. The number of rotatable bonds is 2. The van der Waals surface area contributed by atoms with E-state index in [9.17, 15) is 5.11 Å². The van der Waals surface area contributed by atoms with Crippen molar-refractivity contribution in [2.45, 2.75) is 25.7 Å². The van der Waals surface area contributed by atoms with Crippen LogP contribution in [0.5, 0.6) is 5.75 Å². The van der Waals surface area contributed by atoms with E-state index in [4.69, 9.17) is 4.52 Å². The molecule has 1 aromatic heterocycles. The van der Waals surface area contributed by atoms with E-state index in [2.05, 4.69) is 10.1 Å². The maximum Gasteiger partial charge on any atom is 0.258 e. The Morgan fingerprint density at radius 3 is 2.88 bits per heavy atom. The Balaban J connectivity index is 2.00. The first-order chi connectivity index (χ1) is 7.74. The second kappa shape index (κ2) is 3.33. The molecule has 0 aliphatic heterocycles. The predicted molar refractivity (Wildman–Crippen MR) is 58.1 cm³/mol. The molecule has 0 radical (unpaired) electrons. The Morgan fingerprint density at radius 1 is 1.38 bits per heavy atom. The van der Waals surface area contributed by atoms with Gasteiger partial charge in [-0.25, -0.2) is 0 Å². The lowest BCUT2D eigenvalue weighted by molar-refractivity contribution is 0.422. The molecule has 3 rings (SSSR count). The first-order valence-corrected chi connectivity index (χ1v) is 5.37. The lowest BCUT2D eigenvalue weighted by Crippen LogP contribution is -1.85. The summed E-state index contributed by atoms with van der Waals surface area (Å²) in [7, 11) is 0. The highest BCUT2D eigenvalue weighted by Crippen LogP contribution is 2.39. The summed E-state index contributed by atoms with van der Waals surface area (Å²) in [5.41, 5.74) is 1.82. The normalized spacial score (nSPS) is 15.3. The van der Waals surface area contributed by atoms with Crippen LogP contribution in [0.25, 0.3) is 11.5 Å². The number of aromatic hydroxyl groups is 1. The van der Waals surface area contributed by atoms with Crippen LogP contribution in [-0.2, 0) is 0 Å². The highest BCUT2D eigenvalue weighted by molar-refractivity contribution is 5.59. The van der Waals surface area contributed by atoms with Gasteiger partial charge < -0.3 is 9.63 Å². The van der Waals surface area contributed by atoms with Crippen LogP contribution in [0.4, 0.5) is 0 Å². The molecule has 1 saturated carbocycles. The van der Waals surface area contributed by atoms with Gasteiger partial charge in [0.05, 0.1) is 0 Å². The van der Waals surface area contributed by atoms with E-state index in [1.165, 1.54) is 0 Å². The van der Waals surface area contributed by atoms with Gasteiger partial charge in [0, 0.05) is 11.5 Å². The minimum atomic E-state index is 0.253. The van der Waals surface area contributed by atoms with E-state index < -0.39 is 0 Å². The second-order valence-electron chi connectivity index (χ2n) is 4.23. The minimum absolute atomic E-state index is 0.253. The maximum atomic E-state index is 9.32.